The van der Waals surface area contributed by atoms with Gasteiger partial charge in [-0.25, -0.2) is 9.78 Å². The molecule has 1 unspecified atom stereocenters. The molecule has 0 saturated carbocycles. The van der Waals surface area contributed by atoms with Gasteiger partial charge in [-0.2, -0.15) is 5.10 Å². The summed E-state index contributed by atoms with van der Waals surface area (Å²) in [6.07, 6.45) is 5.14. The van der Waals surface area contributed by atoms with Crippen LogP contribution in [-0.2, 0) is 7.05 Å². The minimum Gasteiger partial charge on any atom is -0.324 e. The van der Waals surface area contributed by atoms with E-state index in [1.807, 2.05) is 24.9 Å². The Bertz CT molecular complexity index is 693. The minimum atomic E-state index is -0.0270. The molecule has 6 nitrogen and oxygen atoms in total. The van der Waals surface area contributed by atoms with Crippen molar-refractivity contribution < 1.29 is 4.79 Å². The van der Waals surface area contributed by atoms with Gasteiger partial charge in [0.1, 0.15) is 0 Å². The summed E-state index contributed by atoms with van der Waals surface area (Å²) >= 11 is 0. The third-order valence-electron chi connectivity index (χ3n) is 4.50. The summed E-state index contributed by atoms with van der Waals surface area (Å²) in [7, 11) is 1.87. The maximum Gasteiger partial charge on any atom is 0.321 e. The van der Waals surface area contributed by atoms with Crippen LogP contribution in [0, 0.1) is 12.8 Å². The number of pyridine rings is 1. The fourth-order valence-corrected chi connectivity index (χ4v) is 3.16. The lowest BCUT2D eigenvalue weighted by atomic mass is 9.96. The van der Waals surface area contributed by atoms with Crippen molar-refractivity contribution in [1.29, 1.82) is 0 Å². The topological polar surface area (TPSA) is 63.1 Å². The molecule has 0 radical (unpaired) electrons. The Balaban J connectivity index is 1.75. The maximum absolute atomic E-state index is 12.4. The normalized spacial score (nSPS) is 18.7. The van der Waals surface area contributed by atoms with Crippen molar-refractivity contribution in [2.75, 3.05) is 18.4 Å². The van der Waals surface area contributed by atoms with E-state index in [0.29, 0.717) is 5.92 Å². The molecule has 1 saturated heterocycles. The van der Waals surface area contributed by atoms with E-state index in [-0.39, 0.29) is 6.03 Å². The molecule has 118 valence electrons. The number of anilines is 1. The summed E-state index contributed by atoms with van der Waals surface area (Å²) < 4.78 is 1.76. The quantitative estimate of drug-likeness (QED) is 0.927. The van der Waals surface area contributed by atoms with Gasteiger partial charge in [0.15, 0.2) is 5.65 Å². The average Bonchev–Trinajstić information content (AvgIpc) is 2.81. The number of hydrogen-bond acceptors (Lipinski definition) is 3. The van der Waals surface area contributed by atoms with Crippen LogP contribution in [-0.4, -0.2) is 38.8 Å². The standard InChI is InChI=1S/C16H23N5O/c1-4-12-6-5-7-21(10-12)16(22)18-13-8-14-11(2)19-20(3)15(14)17-9-13/h8-9,12H,4-7,10H2,1-3H3,(H,18,22). The summed E-state index contributed by atoms with van der Waals surface area (Å²) in [5.74, 6) is 0.626. The molecule has 3 rings (SSSR count). The molecule has 2 aromatic rings. The van der Waals surface area contributed by atoms with Crippen LogP contribution < -0.4 is 5.32 Å². The highest BCUT2D eigenvalue weighted by Gasteiger charge is 2.22. The van der Waals surface area contributed by atoms with E-state index in [0.717, 1.165) is 48.3 Å². The lowest BCUT2D eigenvalue weighted by molar-refractivity contribution is 0.176. The number of carbonyl (C=O) groups excluding carboxylic acids is 1. The first-order valence-electron chi connectivity index (χ1n) is 7.93. The van der Waals surface area contributed by atoms with Crippen molar-refractivity contribution in [2.45, 2.75) is 33.1 Å². The number of amides is 2. The molecule has 1 atom stereocenters. The van der Waals surface area contributed by atoms with Crippen LogP contribution in [0.1, 0.15) is 31.9 Å². The molecule has 0 spiro atoms. The number of nitrogens with zero attached hydrogens (tertiary/aromatic N) is 4. The Morgan fingerprint density at radius 1 is 1.50 bits per heavy atom. The summed E-state index contributed by atoms with van der Waals surface area (Å²) in [6, 6.07) is 1.92. The molecule has 0 aromatic carbocycles. The zero-order valence-corrected chi connectivity index (χ0v) is 13.5. The molecule has 0 bridgehead atoms. The SMILES string of the molecule is CCC1CCCN(C(=O)Nc2cnc3c(c2)c(C)nn3C)C1. The van der Waals surface area contributed by atoms with E-state index in [2.05, 4.69) is 22.3 Å². The van der Waals surface area contributed by atoms with Crippen molar-refractivity contribution >= 4 is 22.8 Å². The van der Waals surface area contributed by atoms with Crippen molar-refractivity contribution in [3.05, 3.63) is 18.0 Å². The van der Waals surface area contributed by atoms with Gasteiger partial charge in [-0.15, -0.1) is 0 Å². The number of carbonyl (C=O) groups is 1. The van der Waals surface area contributed by atoms with Crippen LogP contribution in [0.25, 0.3) is 11.0 Å². The van der Waals surface area contributed by atoms with Crippen LogP contribution in [0.5, 0.6) is 0 Å². The summed E-state index contributed by atoms with van der Waals surface area (Å²) in [5.41, 5.74) is 2.48. The highest BCUT2D eigenvalue weighted by molar-refractivity contribution is 5.92. The maximum atomic E-state index is 12.4. The second kappa shape index (κ2) is 5.94. The van der Waals surface area contributed by atoms with Crippen LogP contribution >= 0.6 is 0 Å². The van der Waals surface area contributed by atoms with E-state index in [4.69, 9.17) is 0 Å². The van der Waals surface area contributed by atoms with Crippen LogP contribution in [0.2, 0.25) is 0 Å². The first-order valence-corrected chi connectivity index (χ1v) is 7.93. The number of urea groups is 1. The number of likely N-dealkylation sites (tertiary alicyclic amines) is 1. The second-order valence-electron chi connectivity index (χ2n) is 6.10. The van der Waals surface area contributed by atoms with E-state index >= 15 is 0 Å². The number of fused-ring (bicyclic) bond motifs is 1. The monoisotopic (exact) mass is 301 g/mol. The molecule has 1 fully saturated rings. The van der Waals surface area contributed by atoms with E-state index in [1.165, 1.54) is 6.42 Å². The molecule has 3 heterocycles. The molecule has 6 heteroatoms. The zero-order chi connectivity index (χ0) is 15.7. The molecular formula is C16H23N5O. The first-order chi connectivity index (χ1) is 10.6. The van der Waals surface area contributed by atoms with Gasteiger partial charge >= 0.3 is 6.03 Å². The average molecular weight is 301 g/mol. The number of aromatic nitrogens is 3. The fraction of sp³-hybridized carbons (Fsp3) is 0.562. The van der Waals surface area contributed by atoms with Crippen molar-refractivity contribution in [2.24, 2.45) is 13.0 Å². The predicted molar refractivity (Wildman–Crippen MR) is 86.9 cm³/mol. The van der Waals surface area contributed by atoms with Crippen LogP contribution in [0.3, 0.4) is 0 Å². The van der Waals surface area contributed by atoms with E-state index in [9.17, 15) is 4.79 Å². The lowest BCUT2D eigenvalue weighted by Gasteiger charge is -2.32. The zero-order valence-electron chi connectivity index (χ0n) is 13.5. The number of aryl methyl sites for hydroxylation is 2. The van der Waals surface area contributed by atoms with E-state index in [1.54, 1.807) is 10.9 Å². The Morgan fingerprint density at radius 2 is 2.32 bits per heavy atom. The Labute approximate surface area is 130 Å². The van der Waals surface area contributed by atoms with Gasteiger partial charge in [0.05, 0.1) is 17.6 Å². The number of hydrogen-bond donors (Lipinski definition) is 1. The highest BCUT2D eigenvalue weighted by Crippen LogP contribution is 2.22. The third kappa shape index (κ3) is 2.77. The van der Waals surface area contributed by atoms with Crippen LogP contribution in [0.4, 0.5) is 10.5 Å². The first kappa shape index (κ1) is 14.8. The number of nitrogens with one attached hydrogen (secondary N) is 1. The molecule has 2 aromatic heterocycles. The smallest absolute Gasteiger partial charge is 0.321 e. The fourth-order valence-electron chi connectivity index (χ4n) is 3.16. The van der Waals surface area contributed by atoms with Crippen molar-refractivity contribution in [3.8, 4) is 0 Å². The van der Waals surface area contributed by atoms with Crippen molar-refractivity contribution in [3.63, 3.8) is 0 Å². The van der Waals surface area contributed by atoms with Crippen molar-refractivity contribution in [1.82, 2.24) is 19.7 Å². The Hall–Kier alpha value is -2.11. The lowest BCUT2D eigenvalue weighted by Crippen LogP contribution is -2.42. The largest absolute Gasteiger partial charge is 0.324 e. The molecule has 22 heavy (non-hydrogen) atoms. The van der Waals surface area contributed by atoms with E-state index < -0.39 is 0 Å². The van der Waals surface area contributed by atoms with Gasteiger partial charge in [0.25, 0.3) is 0 Å². The second-order valence-corrected chi connectivity index (χ2v) is 6.10. The van der Waals surface area contributed by atoms with Gasteiger partial charge in [0.2, 0.25) is 0 Å². The summed E-state index contributed by atoms with van der Waals surface area (Å²) in [5, 5.41) is 8.30. The predicted octanol–water partition coefficient (Wildman–Crippen LogP) is 2.93. The summed E-state index contributed by atoms with van der Waals surface area (Å²) in [6.45, 7) is 5.83. The number of rotatable bonds is 2. The Kier molecular flexibility index (Phi) is 4.00. The molecule has 1 N–H and O–H groups in total. The molecule has 1 aliphatic heterocycles. The number of piperidine rings is 1. The van der Waals surface area contributed by atoms with Gasteiger partial charge in [0, 0.05) is 25.5 Å². The third-order valence-corrected chi connectivity index (χ3v) is 4.50. The summed E-state index contributed by atoms with van der Waals surface area (Å²) in [4.78, 5) is 18.7. The minimum absolute atomic E-state index is 0.0270. The van der Waals surface area contributed by atoms with Crippen LogP contribution in [0.15, 0.2) is 12.3 Å². The molecule has 1 aliphatic rings. The van der Waals surface area contributed by atoms with Gasteiger partial charge < -0.3 is 10.2 Å². The molecular weight excluding hydrogens is 278 g/mol. The Morgan fingerprint density at radius 3 is 3.09 bits per heavy atom. The van der Waals surface area contributed by atoms with Gasteiger partial charge in [-0.3, -0.25) is 4.68 Å². The molecule has 0 aliphatic carbocycles. The van der Waals surface area contributed by atoms with Gasteiger partial charge in [-0.05, 0) is 31.7 Å². The molecule has 2 amide bonds. The van der Waals surface area contributed by atoms with Gasteiger partial charge in [-0.1, -0.05) is 13.3 Å². The highest BCUT2D eigenvalue weighted by atomic mass is 16.2.